The summed E-state index contributed by atoms with van der Waals surface area (Å²) in [5, 5.41) is 14.2. The second-order valence-electron chi connectivity index (χ2n) is 5.44. The fourth-order valence-electron chi connectivity index (χ4n) is 2.40. The van der Waals surface area contributed by atoms with Crippen LogP contribution in [0.4, 0.5) is 16.2 Å². The van der Waals surface area contributed by atoms with Crippen LogP contribution in [0.3, 0.4) is 0 Å². The monoisotopic (exact) mass is 378 g/mol. The number of carbonyl (C=O) groups is 1. The first-order valence-corrected chi connectivity index (χ1v) is 8.16. The number of hydrogen-bond acceptors (Lipinski definition) is 6. The van der Waals surface area contributed by atoms with Gasteiger partial charge < -0.3 is 14.2 Å². The van der Waals surface area contributed by atoms with E-state index in [2.05, 4.69) is 5.32 Å². The topological polar surface area (TPSA) is 99.9 Å². The Bertz CT molecular complexity index is 823. The molecule has 136 valence electrons. The lowest BCUT2D eigenvalue weighted by molar-refractivity contribution is -0.385. The largest absolute Gasteiger partial charge is 0.417 e. The molecule has 2 aromatic carbocycles. The Morgan fingerprint density at radius 1 is 1.23 bits per heavy atom. The van der Waals surface area contributed by atoms with Crippen molar-refractivity contribution in [3.05, 3.63) is 63.2 Å². The van der Waals surface area contributed by atoms with Crippen molar-refractivity contribution in [2.75, 3.05) is 18.5 Å². The molecular formula is C17H15ClN2O6. The second kappa shape index (κ2) is 8.13. The molecule has 1 aliphatic heterocycles. The van der Waals surface area contributed by atoms with E-state index >= 15 is 0 Å². The van der Waals surface area contributed by atoms with E-state index in [9.17, 15) is 14.9 Å². The normalized spacial score (nSPS) is 14.7. The number of nitro benzene ring substituents is 1. The van der Waals surface area contributed by atoms with Crippen molar-refractivity contribution in [2.24, 2.45) is 0 Å². The highest BCUT2D eigenvalue weighted by Gasteiger charge is 2.24. The lowest BCUT2D eigenvalue weighted by Gasteiger charge is -2.23. The van der Waals surface area contributed by atoms with Crippen molar-refractivity contribution < 1.29 is 23.9 Å². The molecule has 0 spiro atoms. The fraction of sp³-hybridized carbons (Fsp3) is 0.235. The van der Waals surface area contributed by atoms with E-state index in [0.29, 0.717) is 29.5 Å². The zero-order chi connectivity index (χ0) is 18.5. The highest BCUT2D eigenvalue weighted by atomic mass is 35.5. The minimum Gasteiger partial charge on any atom is -0.403 e. The quantitative estimate of drug-likeness (QED) is 0.629. The van der Waals surface area contributed by atoms with Crippen LogP contribution in [-0.2, 0) is 9.47 Å². The molecule has 8 nitrogen and oxygen atoms in total. The van der Waals surface area contributed by atoms with Gasteiger partial charge in [-0.25, -0.2) is 4.79 Å². The number of nitrogens with one attached hydrogen (secondary N) is 1. The van der Waals surface area contributed by atoms with E-state index in [1.807, 2.05) is 0 Å². The van der Waals surface area contributed by atoms with Crippen LogP contribution in [0.2, 0.25) is 5.02 Å². The van der Waals surface area contributed by atoms with Gasteiger partial charge in [0.15, 0.2) is 6.29 Å². The number of amides is 1. The lowest BCUT2D eigenvalue weighted by Crippen LogP contribution is -2.19. The minimum atomic E-state index is -0.867. The maximum absolute atomic E-state index is 12.0. The molecule has 2 aromatic rings. The fourth-order valence-corrected chi connectivity index (χ4v) is 2.59. The third-order valence-electron chi connectivity index (χ3n) is 3.55. The maximum atomic E-state index is 12.0. The van der Waals surface area contributed by atoms with Crippen molar-refractivity contribution >= 4 is 29.1 Å². The van der Waals surface area contributed by atoms with Crippen LogP contribution in [0.5, 0.6) is 5.75 Å². The first kappa shape index (κ1) is 18.1. The van der Waals surface area contributed by atoms with Gasteiger partial charge in [-0.05, 0) is 36.8 Å². The van der Waals surface area contributed by atoms with E-state index in [4.69, 9.17) is 25.8 Å². The predicted octanol–water partition coefficient (Wildman–Crippen LogP) is 4.29. The molecule has 1 amide bonds. The molecule has 0 aromatic heterocycles. The van der Waals surface area contributed by atoms with Crippen LogP contribution >= 0.6 is 11.6 Å². The first-order valence-electron chi connectivity index (χ1n) is 7.79. The summed E-state index contributed by atoms with van der Waals surface area (Å²) in [4.78, 5) is 22.7. The third kappa shape index (κ3) is 4.48. The van der Waals surface area contributed by atoms with Crippen LogP contribution in [-0.4, -0.2) is 24.2 Å². The molecule has 1 saturated heterocycles. The summed E-state index contributed by atoms with van der Waals surface area (Å²) in [6.45, 7) is 1.03. The predicted molar refractivity (Wildman–Crippen MR) is 93.5 cm³/mol. The van der Waals surface area contributed by atoms with E-state index in [1.54, 1.807) is 24.3 Å². The van der Waals surface area contributed by atoms with Crippen molar-refractivity contribution in [3.63, 3.8) is 0 Å². The Morgan fingerprint density at radius 3 is 2.69 bits per heavy atom. The SMILES string of the molecule is O=C(Nc1cccc(Cl)c1)Oc1ccc(C2OCCCO2)cc1[N+](=O)[O-]. The van der Waals surface area contributed by atoms with Crippen LogP contribution in [0, 0.1) is 10.1 Å². The van der Waals surface area contributed by atoms with Crippen molar-refractivity contribution in [2.45, 2.75) is 12.7 Å². The smallest absolute Gasteiger partial charge is 0.403 e. The summed E-state index contributed by atoms with van der Waals surface area (Å²) in [5.41, 5.74) is 0.534. The molecule has 1 fully saturated rings. The van der Waals surface area contributed by atoms with Gasteiger partial charge in [0.1, 0.15) is 0 Å². The Hall–Kier alpha value is -2.68. The van der Waals surface area contributed by atoms with E-state index < -0.39 is 17.3 Å². The van der Waals surface area contributed by atoms with Gasteiger partial charge in [-0.2, -0.15) is 0 Å². The number of ether oxygens (including phenoxy) is 3. The highest BCUT2D eigenvalue weighted by Crippen LogP contribution is 2.33. The summed E-state index contributed by atoms with van der Waals surface area (Å²) in [5.74, 6) is -0.186. The van der Waals surface area contributed by atoms with Crippen LogP contribution < -0.4 is 10.1 Å². The maximum Gasteiger partial charge on any atom is 0.417 e. The molecule has 0 radical (unpaired) electrons. The van der Waals surface area contributed by atoms with Gasteiger partial charge in [-0.3, -0.25) is 15.4 Å². The molecule has 0 atom stereocenters. The first-order chi connectivity index (χ1) is 12.5. The molecule has 0 aliphatic carbocycles. The number of rotatable bonds is 4. The van der Waals surface area contributed by atoms with Crippen LogP contribution in [0.1, 0.15) is 18.3 Å². The van der Waals surface area contributed by atoms with Crippen LogP contribution in [0.15, 0.2) is 42.5 Å². The molecule has 9 heteroatoms. The van der Waals surface area contributed by atoms with Gasteiger partial charge in [0.25, 0.3) is 0 Å². The molecule has 0 saturated carbocycles. The Balaban J connectivity index is 1.76. The van der Waals surface area contributed by atoms with Gasteiger partial charge in [0.05, 0.1) is 18.1 Å². The van der Waals surface area contributed by atoms with E-state index in [1.165, 1.54) is 18.2 Å². The van der Waals surface area contributed by atoms with Gasteiger partial charge in [-0.1, -0.05) is 17.7 Å². The summed E-state index contributed by atoms with van der Waals surface area (Å²) in [6, 6.07) is 10.6. The average Bonchev–Trinajstić information content (AvgIpc) is 2.62. The zero-order valence-corrected chi connectivity index (χ0v) is 14.3. The zero-order valence-electron chi connectivity index (χ0n) is 13.5. The minimum absolute atomic E-state index is 0.186. The highest BCUT2D eigenvalue weighted by molar-refractivity contribution is 6.30. The number of carbonyl (C=O) groups excluding carboxylic acids is 1. The third-order valence-corrected chi connectivity index (χ3v) is 3.79. The summed E-state index contributed by atoms with van der Waals surface area (Å²) >= 11 is 5.84. The summed E-state index contributed by atoms with van der Waals surface area (Å²) < 4.78 is 15.9. The van der Waals surface area contributed by atoms with E-state index in [0.717, 1.165) is 6.42 Å². The van der Waals surface area contributed by atoms with Crippen molar-refractivity contribution in [1.82, 2.24) is 0 Å². The summed E-state index contributed by atoms with van der Waals surface area (Å²) in [7, 11) is 0. The van der Waals surface area contributed by atoms with Gasteiger partial charge in [0, 0.05) is 22.3 Å². The molecular weight excluding hydrogens is 364 g/mol. The standard InChI is InChI=1S/C17H15ClN2O6/c18-12-3-1-4-13(10-12)19-17(21)26-15-6-5-11(9-14(15)20(22)23)16-24-7-2-8-25-16/h1,3-6,9-10,16H,2,7-8H2,(H,19,21). The van der Waals surface area contributed by atoms with Gasteiger partial charge >= 0.3 is 11.8 Å². The van der Waals surface area contributed by atoms with Crippen molar-refractivity contribution in [1.29, 1.82) is 0 Å². The molecule has 1 aliphatic rings. The van der Waals surface area contributed by atoms with E-state index in [-0.39, 0.29) is 11.4 Å². The number of benzene rings is 2. The molecule has 0 bridgehead atoms. The molecule has 1 N–H and O–H groups in total. The van der Waals surface area contributed by atoms with Gasteiger partial charge in [0.2, 0.25) is 5.75 Å². The number of nitrogens with zero attached hydrogens (tertiary/aromatic N) is 1. The summed E-state index contributed by atoms with van der Waals surface area (Å²) in [6.07, 6.45) is -0.770. The number of halogens is 1. The lowest BCUT2D eigenvalue weighted by atomic mass is 10.1. The van der Waals surface area contributed by atoms with Crippen LogP contribution in [0.25, 0.3) is 0 Å². The number of hydrogen-bond donors (Lipinski definition) is 1. The van der Waals surface area contributed by atoms with Gasteiger partial charge in [-0.15, -0.1) is 0 Å². The Morgan fingerprint density at radius 2 is 2.00 bits per heavy atom. The molecule has 1 heterocycles. The molecule has 3 rings (SSSR count). The Kier molecular flexibility index (Phi) is 5.67. The molecule has 26 heavy (non-hydrogen) atoms. The number of anilines is 1. The van der Waals surface area contributed by atoms with Crippen molar-refractivity contribution in [3.8, 4) is 5.75 Å². The molecule has 0 unspecified atom stereocenters. The second-order valence-corrected chi connectivity index (χ2v) is 5.87. The Labute approximate surface area is 153 Å². The average molecular weight is 379 g/mol. The number of nitro groups is 1.